The van der Waals surface area contributed by atoms with E-state index in [-0.39, 0.29) is 18.6 Å². The van der Waals surface area contributed by atoms with Crippen LogP contribution in [0, 0.1) is 17.5 Å². The van der Waals surface area contributed by atoms with E-state index in [0.717, 1.165) is 6.07 Å². The van der Waals surface area contributed by atoms with E-state index >= 15 is 0 Å². The molecule has 0 fully saturated rings. The minimum atomic E-state index is -1.39. The van der Waals surface area contributed by atoms with E-state index in [4.69, 9.17) is 17.5 Å². The Labute approximate surface area is 83.4 Å². The Kier molecular flexibility index (Phi) is 3.74. The second-order valence-electron chi connectivity index (χ2n) is 2.58. The molecule has 1 aromatic rings. The van der Waals surface area contributed by atoms with Crippen molar-refractivity contribution < 1.29 is 18.0 Å². The minimum Gasteiger partial charge on any atom is -0.304 e. The van der Waals surface area contributed by atoms with Crippen molar-refractivity contribution in [1.29, 1.82) is 0 Å². The highest BCUT2D eigenvalue weighted by Gasteiger charge is 2.16. The van der Waals surface area contributed by atoms with Crippen LogP contribution in [0.4, 0.5) is 13.2 Å². The Bertz CT molecular complexity index is 346. The van der Waals surface area contributed by atoms with Crippen LogP contribution in [-0.2, 0) is 11.3 Å². The zero-order chi connectivity index (χ0) is 10.7. The molecule has 0 heterocycles. The van der Waals surface area contributed by atoms with Crippen LogP contribution in [0.1, 0.15) is 5.56 Å². The molecule has 2 N–H and O–H groups in total. The van der Waals surface area contributed by atoms with Crippen LogP contribution in [0.25, 0.3) is 0 Å². The number of halogens is 4. The summed E-state index contributed by atoms with van der Waals surface area (Å²) in [5.74, 6) is 1.15. The summed E-state index contributed by atoms with van der Waals surface area (Å²) < 4.78 is 38.6. The quantitative estimate of drug-likeness (QED) is 0.486. The normalized spacial score (nSPS) is 10.6. The van der Waals surface area contributed by atoms with Crippen molar-refractivity contribution in [3.8, 4) is 0 Å². The Balaban J connectivity index is 3.06. The summed E-state index contributed by atoms with van der Waals surface area (Å²) in [4.78, 5) is 4.18. The van der Waals surface area contributed by atoms with Crippen LogP contribution in [0.15, 0.2) is 6.07 Å². The first-order valence-corrected chi connectivity index (χ1v) is 4.09. The largest absolute Gasteiger partial charge is 0.304 e. The third-order valence-electron chi connectivity index (χ3n) is 1.67. The van der Waals surface area contributed by atoms with Gasteiger partial charge in [0.25, 0.3) is 0 Å². The van der Waals surface area contributed by atoms with E-state index in [0.29, 0.717) is 0 Å². The van der Waals surface area contributed by atoms with E-state index < -0.39 is 22.5 Å². The predicted molar refractivity (Wildman–Crippen MR) is 45.2 cm³/mol. The number of hydrogen-bond acceptors (Lipinski definition) is 2. The second-order valence-corrected chi connectivity index (χ2v) is 2.96. The van der Waals surface area contributed by atoms with Crippen molar-refractivity contribution in [2.45, 2.75) is 6.42 Å². The van der Waals surface area contributed by atoms with Crippen molar-refractivity contribution in [2.24, 2.45) is 5.90 Å². The molecule has 0 aromatic heterocycles. The van der Waals surface area contributed by atoms with Gasteiger partial charge in [-0.25, -0.2) is 19.1 Å². The molecule has 0 unspecified atom stereocenters. The van der Waals surface area contributed by atoms with E-state index in [1.165, 1.54) is 0 Å². The van der Waals surface area contributed by atoms with Crippen LogP contribution in [-0.4, -0.2) is 6.61 Å². The van der Waals surface area contributed by atoms with Gasteiger partial charge < -0.3 is 4.84 Å². The maximum atomic E-state index is 13.1. The number of rotatable bonds is 3. The van der Waals surface area contributed by atoms with Gasteiger partial charge in [-0.2, -0.15) is 0 Å². The second kappa shape index (κ2) is 4.63. The molecule has 0 saturated heterocycles. The molecule has 6 heteroatoms. The molecule has 14 heavy (non-hydrogen) atoms. The lowest BCUT2D eigenvalue weighted by Crippen LogP contribution is -2.06. The van der Waals surface area contributed by atoms with E-state index in [2.05, 4.69) is 4.84 Å². The van der Waals surface area contributed by atoms with Gasteiger partial charge in [-0.1, -0.05) is 11.6 Å². The summed E-state index contributed by atoms with van der Waals surface area (Å²) in [6, 6.07) is 0.732. The topological polar surface area (TPSA) is 35.2 Å². The van der Waals surface area contributed by atoms with Gasteiger partial charge in [0.1, 0.15) is 10.8 Å². The summed E-state index contributed by atoms with van der Waals surface area (Å²) in [7, 11) is 0. The molecule has 0 spiro atoms. The lowest BCUT2D eigenvalue weighted by molar-refractivity contribution is 0.140. The Hall–Kier alpha value is -0.780. The molecule has 0 aliphatic carbocycles. The van der Waals surface area contributed by atoms with Gasteiger partial charge in [0.2, 0.25) is 0 Å². The maximum Gasteiger partial charge on any atom is 0.180 e. The van der Waals surface area contributed by atoms with Gasteiger partial charge >= 0.3 is 0 Å². The Morgan fingerprint density at radius 3 is 2.50 bits per heavy atom. The lowest BCUT2D eigenvalue weighted by atomic mass is 10.1. The molecule has 0 radical (unpaired) electrons. The summed E-state index contributed by atoms with van der Waals surface area (Å²) >= 11 is 5.20. The highest BCUT2D eigenvalue weighted by molar-refractivity contribution is 6.31. The van der Waals surface area contributed by atoms with Gasteiger partial charge in [-0.05, 0) is 11.6 Å². The fraction of sp³-hybridized carbons (Fsp3) is 0.250. The van der Waals surface area contributed by atoms with Crippen LogP contribution in [0.3, 0.4) is 0 Å². The van der Waals surface area contributed by atoms with Gasteiger partial charge in [0.05, 0.1) is 6.61 Å². The van der Waals surface area contributed by atoms with Gasteiger partial charge in [0.15, 0.2) is 11.6 Å². The lowest BCUT2D eigenvalue weighted by Gasteiger charge is -2.05. The zero-order valence-corrected chi connectivity index (χ0v) is 7.74. The molecule has 0 amide bonds. The molecule has 1 aromatic carbocycles. The first-order chi connectivity index (χ1) is 6.57. The molecular formula is C8H7ClF3NO. The fourth-order valence-electron chi connectivity index (χ4n) is 0.973. The van der Waals surface area contributed by atoms with Crippen molar-refractivity contribution in [3.63, 3.8) is 0 Å². The fourth-order valence-corrected chi connectivity index (χ4v) is 1.18. The number of hydrogen-bond donors (Lipinski definition) is 1. The van der Waals surface area contributed by atoms with Crippen molar-refractivity contribution >= 4 is 11.6 Å². The minimum absolute atomic E-state index is 0.00167. The number of nitrogens with two attached hydrogens (primary N) is 1. The summed E-state index contributed by atoms with van der Waals surface area (Å²) in [5.41, 5.74) is -0.0700. The third kappa shape index (κ3) is 2.17. The highest BCUT2D eigenvalue weighted by Crippen LogP contribution is 2.24. The summed E-state index contributed by atoms with van der Waals surface area (Å²) in [6.45, 7) is -0.00167. The Morgan fingerprint density at radius 2 is 1.93 bits per heavy atom. The molecule has 0 bridgehead atoms. The van der Waals surface area contributed by atoms with Crippen LogP contribution < -0.4 is 5.90 Å². The molecule has 0 atom stereocenters. The average molecular weight is 226 g/mol. The molecular weight excluding hydrogens is 219 g/mol. The zero-order valence-electron chi connectivity index (χ0n) is 6.99. The molecule has 2 nitrogen and oxygen atoms in total. The number of benzene rings is 1. The summed E-state index contributed by atoms with van der Waals surface area (Å²) in [5, 5.41) is -0.850. The van der Waals surface area contributed by atoms with Crippen LogP contribution in [0.5, 0.6) is 0 Å². The van der Waals surface area contributed by atoms with Crippen LogP contribution >= 0.6 is 11.6 Å². The van der Waals surface area contributed by atoms with Crippen molar-refractivity contribution in [1.82, 2.24) is 0 Å². The van der Waals surface area contributed by atoms with E-state index in [1.807, 2.05) is 0 Å². The molecule has 0 aliphatic heterocycles. The molecule has 78 valence electrons. The predicted octanol–water partition coefficient (Wildman–Crippen LogP) is 2.19. The smallest absolute Gasteiger partial charge is 0.180 e. The van der Waals surface area contributed by atoms with Crippen LogP contribution in [0.2, 0.25) is 5.02 Å². The first kappa shape index (κ1) is 11.3. The molecule has 0 aliphatic rings. The van der Waals surface area contributed by atoms with E-state index in [9.17, 15) is 13.2 Å². The third-order valence-corrected chi connectivity index (χ3v) is 2.00. The monoisotopic (exact) mass is 225 g/mol. The van der Waals surface area contributed by atoms with Gasteiger partial charge in [0, 0.05) is 6.42 Å². The summed E-state index contributed by atoms with van der Waals surface area (Å²) in [6.07, 6.45) is 0.0270. The van der Waals surface area contributed by atoms with Gasteiger partial charge in [-0.3, -0.25) is 0 Å². The highest BCUT2D eigenvalue weighted by atomic mass is 35.5. The molecule has 0 saturated carbocycles. The standard InChI is InChI=1S/C8H7ClF3NO/c9-6-7(11)4(1-2-14-13)3-5(10)8(6)12/h3H,1-2,13H2. The van der Waals surface area contributed by atoms with Crippen molar-refractivity contribution in [2.75, 3.05) is 6.61 Å². The average Bonchev–Trinajstić information content (AvgIpc) is 2.18. The van der Waals surface area contributed by atoms with E-state index in [1.54, 1.807) is 0 Å². The first-order valence-electron chi connectivity index (χ1n) is 3.71. The van der Waals surface area contributed by atoms with Crippen molar-refractivity contribution in [3.05, 3.63) is 34.1 Å². The van der Waals surface area contributed by atoms with Gasteiger partial charge in [-0.15, -0.1) is 0 Å². The molecule has 1 rings (SSSR count). The SMILES string of the molecule is NOCCc1cc(F)c(F)c(Cl)c1F. The Morgan fingerprint density at radius 1 is 1.29 bits per heavy atom. The maximum absolute atomic E-state index is 13.1.